The van der Waals surface area contributed by atoms with Gasteiger partial charge in [-0.15, -0.1) is 0 Å². The fraction of sp³-hybridized carbons (Fsp3) is 0.308. The molecule has 0 aromatic heterocycles. The maximum absolute atomic E-state index is 11.9. The van der Waals surface area contributed by atoms with Crippen LogP contribution in [0.3, 0.4) is 0 Å². The Morgan fingerprint density at radius 1 is 1.00 bits per heavy atom. The molecule has 0 aliphatic carbocycles. The van der Waals surface area contributed by atoms with Gasteiger partial charge in [-0.3, -0.25) is 4.79 Å². The molecule has 0 heterocycles. The average molecular weight is 309 g/mol. The van der Waals surface area contributed by atoms with Crippen molar-refractivity contribution in [3.63, 3.8) is 0 Å². The molecule has 0 saturated carbocycles. The highest BCUT2D eigenvalue weighted by Gasteiger charge is 2.14. The fourth-order valence-corrected chi connectivity index (χ4v) is 1.49. The molecule has 0 aliphatic rings. The van der Waals surface area contributed by atoms with E-state index >= 15 is 0 Å². The lowest BCUT2D eigenvalue weighted by molar-refractivity contribution is -0.193. The molecule has 9 heteroatoms. The van der Waals surface area contributed by atoms with E-state index in [4.69, 9.17) is 29.2 Å². The number of hydrogen-bond donors (Lipinski definition) is 2. The van der Waals surface area contributed by atoms with Gasteiger partial charge in [-0.2, -0.15) is 19.2 Å². The monoisotopic (exact) mass is 309 g/mol. The van der Waals surface area contributed by atoms with Crippen LogP contribution in [0.15, 0.2) is 24.3 Å². The summed E-state index contributed by atoms with van der Waals surface area (Å²) in [5, 5.41) is 17.8. The number of benzene rings is 1. The normalized spacial score (nSPS) is 8.00. The molecule has 118 valence electrons. The van der Waals surface area contributed by atoms with Crippen LogP contribution in [-0.4, -0.2) is 53.4 Å². The Hall–Kier alpha value is -2.57. The summed E-state index contributed by atoms with van der Waals surface area (Å²) in [6.45, 7) is 5.18. The van der Waals surface area contributed by atoms with Crippen LogP contribution in [-0.2, 0) is 19.2 Å². The van der Waals surface area contributed by atoms with Crippen molar-refractivity contribution < 1.29 is 34.0 Å². The number of nitrogens with zero attached hydrogens (tertiary/aromatic N) is 1. The Labute approximate surface area is 127 Å². The predicted molar refractivity (Wildman–Crippen MR) is 73.5 cm³/mol. The molecule has 1 rings (SSSR count). The van der Waals surface area contributed by atoms with E-state index in [-0.39, 0.29) is 18.2 Å². The van der Waals surface area contributed by atoms with E-state index < -0.39 is 7.12 Å². The van der Waals surface area contributed by atoms with Gasteiger partial charge < -0.3 is 14.9 Å². The first-order valence-electron chi connectivity index (χ1n) is 6.17. The third kappa shape index (κ3) is 8.57. The molecule has 8 nitrogen and oxygen atoms in total. The fourth-order valence-electron chi connectivity index (χ4n) is 1.49. The standard InChI is InChI=1S/C11H16BNO3.2CO2/c1-3-13(4-2)11(14)9-5-7-10(8-6-9)12(15)16;2*2-1-3/h5-8,15-16H,3-4H2,1-2H3;;. The zero-order chi connectivity index (χ0) is 17.5. The van der Waals surface area contributed by atoms with Crippen molar-refractivity contribution in [2.45, 2.75) is 13.8 Å². The SMILES string of the molecule is CCN(CC)C(=O)c1ccc(B(O)O)cc1.O=C=O.O=C=O. The van der Waals surface area contributed by atoms with E-state index in [0.29, 0.717) is 24.1 Å². The highest BCUT2D eigenvalue weighted by Crippen LogP contribution is 2.03. The molecule has 0 saturated heterocycles. The lowest BCUT2D eigenvalue weighted by Crippen LogP contribution is -2.32. The summed E-state index contributed by atoms with van der Waals surface area (Å²) in [7, 11) is -1.49. The van der Waals surface area contributed by atoms with E-state index in [1.54, 1.807) is 29.2 Å². The molecule has 0 radical (unpaired) electrons. The molecule has 1 aromatic rings. The Balaban J connectivity index is 0. The third-order valence-corrected chi connectivity index (χ3v) is 2.51. The van der Waals surface area contributed by atoms with E-state index in [2.05, 4.69) is 0 Å². The second-order valence-electron chi connectivity index (χ2n) is 3.64. The number of amides is 1. The van der Waals surface area contributed by atoms with Crippen LogP contribution in [0.25, 0.3) is 0 Å². The van der Waals surface area contributed by atoms with Gasteiger partial charge in [0.1, 0.15) is 0 Å². The van der Waals surface area contributed by atoms with Gasteiger partial charge in [0.2, 0.25) is 0 Å². The van der Waals surface area contributed by atoms with Crippen molar-refractivity contribution in [1.82, 2.24) is 4.90 Å². The predicted octanol–water partition coefficient (Wildman–Crippen LogP) is -1.32. The first-order valence-corrected chi connectivity index (χ1v) is 6.17. The van der Waals surface area contributed by atoms with Gasteiger partial charge in [0, 0.05) is 18.7 Å². The topological polar surface area (TPSA) is 129 Å². The molecular formula is C13H16BNO7. The Bertz CT molecular complexity index is 488. The van der Waals surface area contributed by atoms with Crippen LogP contribution in [0.1, 0.15) is 24.2 Å². The van der Waals surface area contributed by atoms with Crippen LogP contribution >= 0.6 is 0 Å². The number of carbonyl (C=O) groups excluding carboxylic acids is 5. The van der Waals surface area contributed by atoms with E-state index in [0.717, 1.165) is 0 Å². The third-order valence-electron chi connectivity index (χ3n) is 2.51. The van der Waals surface area contributed by atoms with Gasteiger partial charge in [0.05, 0.1) is 0 Å². The zero-order valence-electron chi connectivity index (χ0n) is 12.2. The van der Waals surface area contributed by atoms with Crippen LogP contribution < -0.4 is 5.46 Å². The van der Waals surface area contributed by atoms with Gasteiger partial charge >= 0.3 is 19.4 Å². The summed E-state index contributed by atoms with van der Waals surface area (Å²) < 4.78 is 0. The van der Waals surface area contributed by atoms with Crippen LogP contribution in [0, 0.1) is 0 Å². The molecule has 2 N–H and O–H groups in total. The largest absolute Gasteiger partial charge is 0.488 e. The van der Waals surface area contributed by atoms with E-state index in [9.17, 15) is 4.79 Å². The summed E-state index contributed by atoms with van der Waals surface area (Å²) in [5.74, 6) is -0.0380. The van der Waals surface area contributed by atoms with Gasteiger partial charge in [0.25, 0.3) is 5.91 Å². The zero-order valence-corrected chi connectivity index (χ0v) is 12.2. The minimum Gasteiger partial charge on any atom is -0.423 e. The van der Waals surface area contributed by atoms with Crippen LogP contribution in [0.4, 0.5) is 0 Å². The summed E-state index contributed by atoms with van der Waals surface area (Å²) >= 11 is 0. The minimum absolute atomic E-state index is 0.0380. The molecule has 0 bridgehead atoms. The quantitative estimate of drug-likeness (QED) is 0.660. The molecule has 22 heavy (non-hydrogen) atoms. The summed E-state index contributed by atoms with van der Waals surface area (Å²) in [4.78, 5) is 46.1. The summed E-state index contributed by atoms with van der Waals surface area (Å²) in [6, 6.07) is 6.30. The average Bonchev–Trinajstić information content (AvgIpc) is 2.50. The van der Waals surface area contributed by atoms with E-state index in [1.807, 2.05) is 13.8 Å². The van der Waals surface area contributed by atoms with Crippen molar-refractivity contribution in [3.8, 4) is 0 Å². The second kappa shape index (κ2) is 13.4. The lowest BCUT2D eigenvalue weighted by Gasteiger charge is -2.18. The molecule has 1 aromatic carbocycles. The molecular weight excluding hydrogens is 293 g/mol. The van der Waals surface area contributed by atoms with E-state index in [1.165, 1.54) is 0 Å². The van der Waals surface area contributed by atoms with Crippen molar-refractivity contribution >= 4 is 30.8 Å². The second-order valence-corrected chi connectivity index (χ2v) is 3.64. The first-order chi connectivity index (χ1) is 10.4. The molecule has 0 spiro atoms. The lowest BCUT2D eigenvalue weighted by atomic mass is 9.80. The Morgan fingerprint density at radius 3 is 1.64 bits per heavy atom. The Morgan fingerprint density at radius 2 is 1.36 bits per heavy atom. The highest BCUT2D eigenvalue weighted by atomic mass is 16.4. The molecule has 0 unspecified atom stereocenters. The summed E-state index contributed by atoms with van der Waals surface area (Å²) in [6.07, 6.45) is 0.500. The van der Waals surface area contributed by atoms with Gasteiger partial charge in [-0.05, 0) is 31.4 Å². The van der Waals surface area contributed by atoms with Crippen molar-refractivity contribution in [2.75, 3.05) is 13.1 Å². The van der Waals surface area contributed by atoms with Crippen molar-refractivity contribution in [3.05, 3.63) is 29.8 Å². The highest BCUT2D eigenvalue weighted by molar-refractivity contribution is 6.58. The molecule has 0 fully saturated rings. The van der Waals surface area contributed by atoms with Crippen molar-refractivity contribution in [1.29, 1.82) is 0 Å². The molecule has 0 aliphatic heterocycles. The number of hydrogen-bond acceptors (Lipinski definition) is 7. The maximum atomic E-state index is 11.9. The summed E-state index contributed by atoms with van der Waals surface area (Å²) in [5.41, 5.74) is 0.948. The number of rotatable bonds is 4. The van der Waals surface area contributed by atoms with Gasteiger partial charge in [0.15, 0.2) is 0 Å². The minimum atomic E-state index is -1.49. The first kappa shape index (κ1) is 21.7. The van der Waals surface area contributed by atoms with Crippen molar-refractivity contribution in [2.24, 2.45) is 0 Å². The van der Waals surface area contributed by atoms with Gasteiger partial charge in [-0.1, -0.05) is 12.1 Å². The van der Waals surface area contributed by atoms with Crippen LogP contribution in [0.2, 0.25) is 0 Å². The maximum Gasteiger partial charge on any atom is 0.488 e. The smallest absolute Gasteiger partial charge is 0.423 e. The molecule has 0 atom stereocenters. The van der Waals surface area contributed by atoms with Crippen LogP contribution in [0.5, 0.6) is 0 Å². The Kier molecular flexibility index (Phi) is 13.3. The van der Waals surface area contributed by atoms with Gasteiger partial charge in [-0.25, -0.2) is 0 Å². The number of carbonyl (C=O) groups is 1. The molecule has 1 amide bonds.